The van der Waals surface area contributed by atoms with Gasteiger partial charge in [-0.15, -0.1) is 0 Å². The summed E-state index contributed by atoms with van der Waals surface area (Å²) in [5.41, 5.74) is 9.06. The smallest absolute Gasteiger partial charge is 0.0541 e. The van der Waals surface area contributed by atoms with Crippen LogP contribution < -0.4 is 0 Å². The number of benzene rings is 7. The monoisotopic (exact) mass is 633 g/mol. The normalized spacial score (nSPS) is 11.2. The lowest BCUT2D eigenvalue weighted by Crippen LogP contribution is -1.92. The highest BCUT2D eigenvalue weighted by molar-refractivity contribution is 6.10. The van der Waals surface area contributed by atoms with Gasteiger partial charge in [-0.05, 0) is 62.4 Å². The van der Waals surface area contributed by atoms with E-state index >= 15 is 0 Å². The highest BCUT2D eigenvalue weighted by Crippen LogP contribution is 2.32. The second-order valence-electron chi connectivity index (χ2n) is 12.3. The summed E-state index contributed by atoms with van der Waals surface area (Å²) in [5.74, 6) is 0. The summed E-state index contributed by atoms with van der Waals surface area (Å²) in [4.78, 5) is 0. The molecule has 0 bridgehead atoms. The standard InChI is InChI=1S/C18H13N.2C14H13N/c1-2-8-14(9-3-1)19-17-12-6-4-10-15(17)16-11-5-7-13-18(16)19;2*1-2-15-13-9-5-3-7-11(13)12-8-4-6-10-14(12)15/h1-13H;2*3-10H,2H2,1H3. The van der Waals surface area contributed by atoms with Crippen molar-refractivity contribution >= 4 is 65.4 Å². The molecule has 0 spiro atoms. The summed E-state index contributed by atoms with van der Waals surface area (Å²) in [7, 11) is 0. The quantitative estimate of drug-likeness (QED) is 0.184. The highest BCUT2D eigenvalue weighted by atomic mass is 15.0. The summed E-state index contributed by atoms with van der Waals surface area (Å²) in [6.07, 6.45) is 0. The van der Waals surface area contributed by atoms with Gasteiger partial charge in [0, 0.05) is 73.2 Å². The zero-order chi connectivity index (χ0) is 33.2. The van der Waals surface area contributed by atoms with E-state index in [0.717, 1.165) is 13.1 Å². The molecule has 49 heavy (non-hydrogen) atoms. The van der Waals surface area contributed by atoms with E-state index in [9.17, 15) is 0 Å². The van der Waals surface area contributed by atoms with Crippen LogP contribution in [-0.4, -0.2) is 13.7 Å². The molecule has 10 aromatic rings. The van der Waals surface area contributed by atoms with Crippen molar-refractivity contribution < 1.29 is 0 Å². The van der Waals surface area contributed by atoms with Crippen LogP contribution in [0.3, 0.4) is 0 Å². The molecule has 0 aliphatic heterocycles. The van der Waals surface area contributed by atoms with Crippen molar-refractivity contribution in [2.45, 2.75) is 26.9 Å². The van der Waals surface area contributed by atoms with Gasteiger partial charge >= 0.3 is 0 Å². The molecular weight excluding hydrogens is 595 g/mol. The summed E-state index contributed by atoms with van der Waals surface area (Å²) >= 11 is 0. The van der Waals surface area contributed by atoms with Crippen molar-refractivity contribution in [2.75, 3.05) is 0 Å². The molecule has 3 nitrogen and oxygen atoms in total. The van der Waals surface area contributed by atoms with E-state index in [1.54, 1.807) is 0 Å². The Labute approximate surface area is 286 Å². The van der Waals surface area contributed by atoms with Gasteiger partial charge in [-0.25, -0.2) is 0 Å². The minimum atomic E-state index is 1.02. The molecule has 0 radical (unpaired) electrons. The fourth-order valence-electron chi connectivity index (χ4n) is 7.47. The zero-order valence-electron chi connectivity index (χ0n) is 28.0. The van der Waals surface area contributed by atoms with E-state index in [0.29, 0.717) is 0 Å². The Balaban J connectivity index is 0.000000108. The van der Waals surface area contributed by atoms with Crippen LogP contribution in [0.4, 0.5) is 0 Å². The lowest BCUT2D eigenvalue weighted by atomic mass is 10.2. The Bertz CT molecular complexity index is 2410. The summed E-state index contributed by atoms with van der Waals surface area (Å²) < 4.78 is 7.06. The van der Waals surface area contributed by atoms with E-state index in [-0.39, 0.29) is 0 Å². The van der Waals surface area contributed by atoms with Gasteiger partial charge in [0.05, 0.1) is 11.0 Å². The SMILES string of the molecule is CCn1c2ccccc2c2ccccc21.CCn1c2ccccc2c2ccccc21.c1ccc(-n2c3ccccc3c3ccccc32)cc1. The van der Waals surface area contributed by atoms with Gasteiger partial charge in [-0.3, -0.25) is 0 Å². The number of nitrogens with zero attached hydrogens (tertiary/aromatic N) is 3. The van der Waals surface area contributed by atoms with Crippen molar-refractivity contribution in [3.8, 4) is 5.69 Å². The molecule has 0 saturated carbocycles. The predicted molar refractivity (Wildman–Crippen MR) is 211 cm³/mol. The second kappa shape index (κ2) is 13.2. The third-order valence-corrected chi connectivity index (χ3v) is 9.59. The number of aromatic nitrogens is 3. The molecule has 7 aromatic carbocycles. The van der Waals surface area contributed by atoms with Gasteiger partial charge in [0.25, 0.3) is 0 Å². The predicted octanol–water partition coefficient (Wildman–Crippen LogP) is 12.4. The maximum Gasteiger partial charge on any atom is 0.0541 e. The van der Waals surface area contributed by atoms with Crippen LogP contribution in [0.5, 0.6) is 0 Å². The van der Waals surface area contributed by atoms with Crippen molar-refractivity contribution in [1.29, 1.82) is 0 Å². The largest absolute Gasteiger partial charge is 0.341 e. The minimum Gasteiger partial charge on any atom is -0.341 e. The van der Waals surface area contributed by atoms with Gasteiger partial charge in [0.1, 0.15) is 0 Å². The minimum absolute atomic E-state index is 1.02. The molecule has 238 valence electrons. The Hall–Kier alpha value is -6.06. The number of aryl methyl sites for hydroxylation is 2. The number of para-hydroxylation sites is 7. The van der Waals surface area contributed by atoms with Gasteiger partial charge in [-0.2, -0.15) is 0 Å². The molecule has 0 N–H and O–H groups in total. The second-order valence-corrected chi connectivity index (χ2v) is 12.3. The van der Waals surface area contributed by atoms with Crippen LogP contribution in [0.1, 0.15) is 13.8 Å². The fourth-order valence-corrected chi connectivity index (χ4v) is 7.47. The number of fused-ring (bicyclic) bond motifs is 9. The molecule has 0 saturated heterocycles. The Morgan fingerprint density at radius 2 is 0.531 bits per heavy atom. The number of hydrogen-bond donors (Lipinski definition) is 0. The third-order valence-electron chi connectivity index (χ3n) is 9.59. The van der Waals surface area contributed by atoms with Crippen LogP contribution in [0.2, 0.25) is 0 Å². The molecule has 0 unspecified atom stereocenters. The van der Waals surface area contributed by atoms with Crippen molar-refractivity contribution in [3.63, 3.8) is 0 Å². The van der Waals surface area contributed by atoms with Crippen LogP contribution in [0, 0.1) is 0 Å². The first-order valence-electron chi connectivity index (χ1n) is 17.2. The molecule has 10 rings (SSSR count). The van der Waals surface area contributed by atoms with Crippen LogP contribution in [0.25, 0.3) is 71.1 Å². The third kappa shape index (κ3) is 5.34. The van der Waals surface area contributed by atoms with E-state index in [4.69, 9.17) is 0 Å². The Kier molecular flexibility index (Phi) is 8.17. The molecular formula is C46H39N3. The average Bonchev–Trinajstić information content (AvgIpc) is 3.81. The van der Waals surface area contributed by atoms with Gasteiger partial charge in [0.2, 0.25) is 0 Å². The average molecular weight is 634 g/mol. The van der Waals surface area contributed by atoms with E-state index < -0.39 is 0 Å². The van der Waals surface area contributed by atoms with E-state index in [1.165, 1.54) is 71.1 Å². The lowest BCUT2D eigenvalue weighted by Gasteiger charge is -2.06. The molecule has 3 heteroatoms. The fraction of sp³-hybridized carbons (Fsp3) is 0.0870. The number of hydrogen-bond acceptors (Lipinski definition) is 0. The molecule has 0 aliphatic carbocycles. The van der Waals surface area contributed by atoms with Crippen molar-refractivity contribution in [2.24, 2.45) is 0 Å². The highest BCUT2D eigenvalue weighted by Gasteiger charge is 2.11. The molecule has 3 heterocycles. The molecule has 0 aliphatic rings. The van der Waals surface area contributed by atoms with Crippen molar-refractivity contribution in [1.82, 2.24) is 13.7 Å². The first-order valence-corrected chi connectivity index (χ1v) is 17.2. The summed E-state index contributed by atoms with van der Waals surface area (Å²) in [5, 5.41) is 8.04. The van der Waals surface area contributed by atoms with Crippen LogP contribution >= 0.6 is 0 Å². The van der Waals surface area contributed by atoms with Gasteiger partial charge in [0.15, 0.2) is 0 Å². The lowest BCUT2D eigenvalue weighted by molar-refractivity contribution is 0.827. The van der Waals surface area contributed by atoms with Gasteiger partial charge in [-0.1, -0.05) is 127 Å². The Morgan fingerprint density at radius 3 is 0.837 bits per heavy atom. The maximum absolute atomic E-state index is 2.37. The first kappa shape index (κ1) is 30.3. The van der Waals surface area contributed by atoms with Crippen LogP contribution in [0.15, 0.2) is 176 Å². The first-order chi connectivity index (χ1) is 24.3. The van der Waals surface area contributed by atoms with E-state index in [2.05, 4.69) is 203 Å². The maximum atomic E-state index is 2.37. The van der Waals surface area contributed by atoms with Gasteiger partial charge < -0.3 is 13.7 Å². The topological polar surface area (TPSA) is 14.8 Å². The Morgan fingerprint density at radius 1 is 0.286 bits per heavy atom. The summed E-state index contributed by atoms with van der Waals surface area (Å²) in [6.45, 7) is 6.43. The molecule has 0 fully saturated rings. The molecule has 0 amide bonds. The van der Waals surface area contributed by atoms with Crippen LogP contribution in [-0.2, 0) is 13.1 Å². The zero-order valence-corrected chi connectivity index (χ0v) is 28.0. The summed E-state index contributed by atoms with van der Waals surface area (Å²) in [6, 6.07) is 62.1. The molecule has 0 atom stereocenters. The number of rotatable bonds is 3. The van der Waals surface area contributed by atoms with Crippen molar-refractivity contribution in [3.05, 3.63) is 176 Å². The van der Waals surface area contributed by atoms with E-state index in [1.807, 2.05) is 0 Å². The molecule has 3 aromatic heterocycles.